The Bertz CT molecular complexity index is 987. The Morgan fingerprint density at radius 1 is 1.20 bits per heavy atom. The lowest BCUT2D eigenvalue weighted by Gasteiger charge is -2.23. The van der Waals surface area contributed by atoms with E-state index >= 15 is 0 Å². The van der Waals surface area contributed by atoms with Gasteiger partial charge >= 0.3 is 5.69 Å². The predicted octanol–water partition coefficient (Wildman–Crippen LogP) is 3.28. The molecular weight excluding hydrogens is 382 g/mol. The van der Waals surface area contributed by atoms with Gasteiger partial charge < -0.3 is 9.88 Å². The molecule has 0 bridgehead atoms. The molecular formula is C19H18BrN3O2. The van der Waals surface area contributed by atoms with Gasteiger partial charge in [0.25, 0.3) is 0 Å². The van der Waals surface area contributed by atoms with Crippen LogP contribution in [0, 0.1) is 0 Å². The molecule has 3 aromatic rings. The first-order valence-corrected chi connectivity index (χ1v) is 9.12. The van der Waals surface area contributed by atoms with Gasteiger partial charge in [0, 0.05) is 17.1 Å². The van der Waals surface area contributed by atoms with Crippen molar-refractivity contribution in [3.63, 3.8) is 0 Å². The van der Waals surface area contributed by atoms with Crippen molar-refractivity contribution in [2.24, 2.45) is 0 Å². The van der Waals surface area contributed by atoms with Crippen LogP contribution in [0.3, 0.4) is 0 Å². The molecule has 1 aromatic heterocycles. The summed E-state index contributed by atoms with van der Waals surface area (Å²) in [6.07, 6.45) is 2.06. The first kappa shape index (κ1) is 16.1. The number of fused-ring (bicyclic) bond motifs is 1. The summed E-state index contributed by atoms with van der Waals surface area (Å²) in [6, 6.07) is 15.7. The van der Waals surface area contributed by atoms with E-state index in [2.05, 4.69) is 20.9 Å². The Balaban J connectivity index is 1.59. The molecule has 1 aliphatic carbocycles. The fraction of sp³-hybridized carbons (Fsp3) is 0.263. The number of rotatable bonds is 5. The normalized spacial score (nSPS) is 14.0. The van der Waals surface area contributed by atoms with E-state index in [0.29, 0.717) is 6.54 Å². The Morgan fingerprint density at radius 3 is 2.76 bits per heavy atom. The Morgan fingerprint density at radius 2 is 2.00 bits per heavy atom. The number of nitrogens with zero attached hydrogens (tertiary/aromatic N) is 2. The molecule has 0 aliphatic heterocycles. The van der Waals surface area contributed by atoms with Gasteiger partial charge in [0.15, 0.2) is 0 Å². The molecule has 1 fully saturated rings. The van der Waals surface area contributed by atoms with E-state index in [1.165, 1.54) is 4.57 Å². The first-order valence-electron chi connectivity index (χ1n) is 8.33. The van der Waals surface area contributed by atoms with Crippen LogP contribution in [0.1, 0.15) is 18.4 Å². The maximum atomic E-state index is 12.9. The molecule has 5 nitrogen and oxygen atoms in total. The lowest BCUT2D eigenvalue weighted by atomic mass is 10.2. The molecule has 2 aromatic carbocycles. The molecule has 1 aliphatic rings. The van der Waals surface area contributed by atoms with E-state index in [1.807, 2.05) is 53.4 Å². The molecule has 4 rings (SSSR count). The summed E-state index contributed by atoms with van der Waals surface area (Å²) in [5.74, 6) is -0.0191. The number of hydrogen-bond donors (Lipinski definition) is 1. The van der Waals surface area contributed by atoms with Gasteiger partial charge in [-0.05, 0) is 42.7 Å². The van der Waals surface area contributed by atoms with E-state index in [1.54, 1.807) is 0 Å². The van der Waals surface area contributed by atoms with E-state index in [0.717, 1.165) is 33.9 Å². The summed E-state index contributed by atoms with van der Waals surface area (Å²) in [5.41, 5.74) is 2.36. The van der Waals surface area contributed by atoms with E-state index in [9.17, 15) is 9.59 Å². The van der Waals surface area contributed by atoms with Crippen LogP contribution in [-0.4, -0.2) is 26.4 Å². The zero-order valence-corrected chi connectivity index (χ0v) is 15.2. The van der Waals surface area contributed by atoms with Gasteiger partial charge in [-0.2, -0.15) is 0 Å². The molecule has 25 heavy (non-hydrogen) atoms. The second-order valence-electron chi connectivity index (χ2n) is 6.42. The minimum Gasteiger partial charge on any atom is -0.334 e. The number of amides is 1. The fourth-order valence-corrected chi connectivity index (χ4v) is 3.58. The summed E-state index contributed by atoms with van der Waals surface area (Å²) in [6.45, 7) is 0.632. The number of carbonyl (C=O) groups excluding carboxylic acids is 1. The average molecular weight is 400 g/mol. The number of imidazole rings is 1. The van der Waals surface area contributed by atoms with Crippen molar-refractivity contribution in [2.75, 3.05) is 0 Å². The molecule has 0 saturated heterocycles. The molecule has 128 valence electrons. The monoisotopic (exact) mass is 399 g/mol. The van der Waals surface area contributed by atoms with Crippen molar-refractivity contribution >= 4 is 32.9 Å². The van der Waals surface area contributed by atoms with Crippen molar-refractivity contribution in [1.29, 1.82) is 0 Å². The quantitative estimate of drug-likeness (QED) is 0.715. The Hall–Kier alpha value is -2.34. The SMILES string of the molecule is O=C(Cn1c(=O)[nH]c2ccccc21)N(Cc1cccc(Br)c1)C1CC1. The third kappa shape index (κ3) is 3.39. The van der Waals surface area contributed by atoms with E-state index < -0.39 is 0 Å². The third-order valence-corrected chi connectivity index (χ3v) is 5.02. The highest BCUT2D eigenvalue weighted by Gasteiger charge is 2.32. The van der Waals surface area contributed by atoms with Crippen LogP contribution in [0.15, 0.2) is 57.8 Å². The molecule has 0 spiro atoms. The number of aromatic amines is 1. The zero-order valence-electron chi connectivity index (χ0n) is 13.6. The van der Waals surface area contributed by atoms with Crippen LogP contribution < -0.4 is 5.69 Å². The number of hydrogen-bond acceptors (Lipinski definition) is 2. The van der Waals surface area contributed by atoms with Gasteiger partial charge in [-0.1, -0.05) is 40.2 Å². The summed E-state index contributed by atoms with van der Waals surface area (Å²) in [4.78, 5) is 29.8. The van der Waals surface area contributed by atoms with Crippen LogP contribution in [0.2, 0.25) is 0 Å². The molecule has 0 unspecified atom stereocenters. The van der Waals surface area contributed by atoms with Crippen molar-refractivity contribution < 1.29 is 4.79 Å². The standard InChI is InChI=1S/C19H18BrN3O2/c20-14-5-3-4-13(10-14)11-22(15-8-9-15)18(24)12-23-17-7-2-1-6-16(17)21-19(23)25/h1-7,10,15H,8-9,11-12H2,(H,21,25). The minimum atomic E-state index is -0.243. The maximum Gasteiger partial charge on any atom is 0.326 e. The number of H-pyrrole nitrogens is 1. The molecule has 0 radical (unpaired) electrons. The fourth-order valence-electron chi connectivity index (χ4n) is 3.13. The van der Waals surface area contributed by atoms with Crippen LogP contribution in [0.4, 0.5) is 0 Å². The molecule has 1 saturated carbocycles. The van der Waals surface area contributed by atoms with Crippen molar-refractivity contribution in [1.82, 2.24) is 14.5 Å². The minimum absolute atomic E-state index is 0.0191. The summed E-state index contributed by atoms with van der Waals surface area (Å²) >= 11 is 3.47. The number of benzene rings is 2. The second-order valence-corrected chi connectivity index (χ2v) is 7.33. The highest BCUT2D eigenvalue weighted by atomic mass is 79.9. The van der Waals surface area contributed by atoms with Gasteiger partial charge in [0.2, 0.25) is 5.91 Å². The average Bonchev–Trinajstić information content (AvgIpc) is 3.38. The maximum absolute atomic E-state index is 12.9. The summed E-state index contributed by atoms with van der Waals surface area (Å²) in [7, 11) is 0. The highest BCUT2D eigenvalue weighted by Crippen LogP contribution is 2.29. The Kier molecular flexibility index (Phi) is 4.21. The number of halogens is 1. The van der Waals surface area contributed by atoms with Gasteiger partial charge in [0.1, 0.15) is 6.54 Å². The molecule has 6 heteroatoms. The van der Waals surface area contributed by atoms with Crippen LogP contribution >= 0.6 is 15.9 Å². The lowest BCUT2D eigenvalue weighted by molar-refractivity contribution is -0.133. The molecule has 1 amide bonds. The largest absolute Gasteiger partial charge is 0.334 e. The van der Waals surface area contributed by atoms with Gasteiger partial charge in [-0.25, -0.2) is 4.79 Å². The molecule has 1 heterocycles. The van der Waals surface area contributed by atoms with Crippen molar-refractivity contribution in [3.8, 4) is 0 Å². The summed E-state index contributed by atoms with van der Waals surface area (Å²) in [5, 5.41) is 0. The number of carbonyl (C=O) groups is 1. The topological polar surface area (TPSA) is 58.1 Å². The number of aromatic nitrogens is 2. The molecule has 1 N–H and O–H groups in total. The van der Waals surface area contributed by atoms with E-state index in [-0.39, 0.29) is 24.2 Å². The zero-order chi connectivity index (χ0) is 17.4. The van der Waals surface area contributed by atoms with E-state index in [4.69, 9.17) is 0 Å². The number of para-hydroxylation sites is 2. The van der Waals surface area contributed by atoms with Gasteiger partial charge in [-0.15, -0.1) is 0 Å². The smallest absolute Gasteiger partial charge is 0.326 e. The second kappa shape index (κ2) is 6.52. The Labute approximate surface area is 153 Å². The van der Waals surface area contributed by atoms with Crippen molar-refractivity contribution in [2.45, 2.75) is 32.0 Å². The lowest BCUT2D eigenvalue weighted by Crippen LogP contribution is -2.37. The highest BCUT2D eigenvalue weighted by molar-refractivity contribution is 9.10. The first-order chi connectivity index (χ1) is 12.1. The van der Waals surface area contributed by atoms with Crippen LogP contribution in [-0.2, 0) is 17.9 Å². The summed E-state index contributed by atoms with van der Waals surface area (Å²) < 4.78 is 2.52. The predicted molar refractivity (Wildman–Crippen MR) is 100 cm³/mol. The molecule has 0 atom stereocenters. The third-order valence-electron chi connectivity index (χ3n) is 4.52. The van der Waals surface area contributed by atoms with Gasteiger partial charge in [0.05, 0.1) is 11.0 Å². The van der Waals surface area contributed by atoms with Crippen molar-refractivity contribution in [3.05, 3.63) is 69.1 Å². The van der Waals surface area contributed by atoms with Crippen LogP contribution in [0.25, 0.3) is 11.0 Å². The van der Waals surface area contributed by atoms with Crippen LogP contribution in [0.5, 0.6) is 0 Å². The van der Waals surface area contributed by atoms with Gasteiger partial charge in [-0.3, -0.25) is 9.36 Å². The number of nitrogens with one attached hydrogen (secondary N) is 1.